The molecule has 0 atom stereocenters. The van der Waals surface area contributed by atoms with Crippen LogP contribution in [0.4, 0.5) is 13.6 Å². The van der Waals surface area contributed by atoms with Crippen LogP contribution in [0, 0.1) is 6.92 Å². The van der Waals surface area contributed by atoms with Gasteiger partial charge in [-0.2, -0.15) is 0 Å². The molecule has 186 valence electrons. The normalized spacial score (nSPS) is 17.4. The van der Waals surface area contributed by atoms with Crippen LogP contribution in [0.15, 0.2) is 30.3 Å². The molecule has 35 heavy (non-hydrogen) atoms. The summed E-state index contributed by atoms with van der Waals surface area (Å²) >= 11 is -0.514. The molecule has 0 bridgehead atoms. The van der Waals surface area contributed by atoms with E-state index in [2.05, 4.69) is 5.32 Å². The Morgan fingerprint density at radius 2 is 1.80 bits per heavy atom. The number of benzene rings is 1. The predicted molar refractivity (Wildman–Crippen MR) is 129 cm³/mol. The van der Waals surface area contributed by atoms with E-state index >= 15 is 0 Å². The number of carbonyl (C=O) groups is 2. The van der Waals surface area contributed by atoms with Gasteiger partial charge < -0.3 is 4.74 Å². The van der Waals surface area contributed by atoms with Gasteiger partial charge in [0, 0.05) is 0 Å². The number of nitrogens with one attached hydrogen (secondary N) is 1. The number of fused-ring (bicyclic) bond motifs is 2. The molecule has 0 radical (unpaired) electrons. The van der Waals surface area contributed by atoms with Crippen molar-refractivity contribution in [1.82, 2.24) is 19.7 Å². The van der Waals surface area contributed by atoms with Gasteiger partial charge in [0.15, 0.2) is 0 Å². The van der Waals surface area contributed by atoms with Crippen molar-refractivity contribution in [2.45, 2.75) is 55.3 Å². The van der Waals surface area contributed by atoms with Crippen LogP contribution in [-0.4, -0.2) is 84.9 Å². The summed E-state index contributed by atoms with van der Waals surface area (Å²) in [7, 11) is 1.58. The molecule has 7 nitrogen and oxygen atoms in total. The maximum absolute atomic E-state index is 14.3. The van der Waals surface area contributed by atoms with Crippen LogP contribution in [0.1, 0.15) is 54.0 Å². The Labute approximate surface area is 220 Å². The van der Waals surface area contributed by atoms with Crippen molar-refractivity contribution >= 4 is 37.7 Å². The summed E-state index contributed by atoms with van der Waals surface area (Å²) in [6.45, 7) is 7.37. The first-order valence-electron chi connectivity index (χ1n) is 11.9. The average molecular weight is 678 g/mol. The molecule has 0 unspecified atom stereocenters. The van der Waals surface area contributed by atoms with Gasteiger partial charge in [0.25, 0.3) is 0 Å². The SMILES string of the molecule is CNC(=O)N1CCn2c([C](F)(F)[Tl])ccc2C12CCN(C(=O)c1ccc(OC(C)C)c(C)c1)CC2. The van der Waals surface area contributed by atoms with Crippen molar-refractivity contribution in [2.24, 2.45) is 0 Å². The van der Waals surface area contributed by atoms with E-state index in [-0.39, 0.29) is 23.7 Å². The number of ether oxygens (including phenoxy) is 1. The molecule has 2 aliphatic rings. The number of urea groups is 1. The molecule has 2 aromatic rings. The van der Waals surface area contributed by atoms with Gasteiger partial charge in [0.05, 0.1) is 6.10 Å². The fraction of sp³-hybridized carbons (Fsp3) is 0.520. The third-order valence-electron chi connectivity index (χ3n) is 6.98. The van der Waals surface area contributed by atoms with E-state index in [0.29, 0.717) is 44.6 Å². The Bertz CT molecular complexity index is 1120. The van der Waals surface area contributed by atoms with Crippen LogP contribution >= 0.6 is 0 Å². The molecule has 3 amide bonds. The van der Waals surface area contributed by atoms with Gasteiger partial charge >= 0.3 is 184 Å². The summed E-state index contributed by atoms with van der Waals surface area (Å²) in [4.78, 5) is 29.7. The number of hydrogen-bond acceptors (Lipinski definition) is 3. The molecule has 1 fully saturated rings. The van der Waals surface area contributed by atoms with Gasteiger partial charge in [0.1, 0.15) is 5.75 Å². The Morgan fingerprint density at radius 3 is 2.37 bits per heavy atom. The van der Waals surface area contributed by atoms with Crippen LogP contribution in [0.2, 0.25) is 0 Å². The van der Waals surface area contributed by atoms with Crippen molar-refractivity contribution in [2.75, 3.05) is 26.7 Å². The maximum atomic E-state index is 14.3. The molecule has 0 aliphatic carbocycles. The van der Waals surface area contributed by atoms with Crippen LogP contribution < -0.4 is 10.1 Å². The predicted octanol–water partition coefficient (Wildman–Crippen LogP) is 3.59. The zero-order valence-electron chi connectivity index (χ0n) is 20.6. The first-order valence-corrected chi connectivity index (χ1v) is 14.2. The number of hydrogen-bond donors (Lipinski definition) is 1. The molecule has 1 aromatic carbocycles. The zero-order chi connectivity index (χ0) is 25.5. The summed E-state index contributed by atoms with van der Waals surface area (Å²) in [5, 5.41) is 2.70. The minimum atomic E-state index is -2.81. The van der Waals surface area contributed by atoms with E-state index in [1.54, 1.807) is 33.5 Å². The van der Waals surface area contributed by atoms with Gasteiger partial charge in [0.2, 0.25) is 0 Å². The van der Waals surface area contributed by atoms with E-state index in [1.165, 1.54) is 6.07 Å². The number of amides is 3. The Hall–Kier alpha value is -2.18. The van der Waals surface area contributed by atoms with Gasteiger partial charge in [-0.25, -0.2) is 0 Å². The number of aromatic nitrogens is 1. The number of nitrogens with zero attached hydrogens (tertiary/aromatic N) is 3. The van der Waals surface area contributed by atoms with E-state index in [4.69, 9.17) is 4.74 Å². The second kappa shape index (κ2) is 9.70. The standard InChI is InChI=1S/C25H31F2N4O3.Tl/c1-16(2)34-20-7-5-18(15-17(20)3)23(32)29-11-9-25(10-12-29)21-8-6-19(22(26)27)30(21)13-14-31(25)24(33)28-4;/h5-8,15-16H,9-14H2,1-4H3,(H,28,33);. The summed E-state index contributed by atoms with van der Waals surface area (Å²) in [6.07, 6.45) is 1.01. The van der Waals surface area contributed by atoms with Gasteiger partial charge in [-0.3, -0.25) is 0 Å². The summed E-state index contributed by atoms with van der Waals surface area (Å²) in [6, 6.07) is 8.47. The molecular formula is C25H31F2N4O3Tl. The monoisotopic (exact) mass is 678 g/mol. The molecule has 3 heterocycles. The molecule has 10 heteroatoms. The van der Waals surface area contributed by atoms with E-state index in [1.807, 2.05) is 32.9 Å². The van der Waals surface area contributed by atoms with Crippen LogP contribution in [0.25, 0.3) is 0 Å². The van der Waals surface area contributed by atoms with E-state index in [0.717, 1.165) is 17.0 Å². The fourth-order valence-corrected chi connectivity index (χ4v) is 6.33. The Morgan fingerprint density at radius 1 is 1.11 bits per heavy atom. The second-order valence-electron chi connectivity index (χ2n) is 9.56. The summed E-state index contributed by atoms with van der Waals surface area (Å²) in [5.41, 5.74) is 1.52. The second-order valence-corrected chi connectivity index (χ2v) is 12.4. The van der Waals surface area contributed by atoms with Crippen molar-refractivity contribution in [3.05, 3.63) is 52.8 Å². The first-order chi connectivity index (χ1) is 16.5. The molecule has 1 saturated heterocycles. The summed E-state index contributed by atoms with van der Waals surface area (Å²) < 4.78 is 33.4. The molecule has 4 rings (SSSR count). The topological polar surface area (TPSA) is 66.8 Å². The average Bonchev–Trinajstić information content (AvgIpc) is 3.26. The van der Waals surface area contributed by atoms with Crippen molar-refractivity contribution in [3.8, 4) is 5.75 Å². The number of likely N-dealkylation sites (tertiary alicyclic amines) is 1. The number of halogens is 2. The first kappa shape index (κ1) is 25.9. The molecule has 2 aliphatic heterocycles. The summed E-state index contributed by atoms with van der Waals surface area (Å²) in [5.74, 6) is 0.676. The van der Waals surface area contributed by atoms with Crippen LogP contribution in [0.3, 0.4) is 0 Å². The van der Waals surface area contributed by atoms with E-state index < -0.39 is 34.8 Å². The molecule has 0 saturated carbocycles. The Kier molecular flexibility index (Phi) is 7.18. The fourth-order valence-electron chi connectivity index (χ4n) is 5.35. The quantitative estimate of drug-likeness (QED) is 0.504. The van der Waals surface area contributed by atoms with Gasteiger partial charge in [-0.1, -0.05) is 0 Å². The number of alkyl halides is 2. The minimum absolute atomic E-state index is 0.0334. The molecule has 1 N–H and O–H groups in total. The van der Waals surface area contributed by atoms with Gasteiger partial charge in [-0.15, -0.1) is 0 Å². The van der Waals surface area contributed by atoms with Crippen molar-refractivity contribution in [3.63, 3.8) is 0 Å². The van der Waals surface area contributed by atoms with Gasteiger partial charge in [-0.05, 0) is 20.8 Å². The van der Waals surface area contributed by atoms with Crippen LogP contribution in [-0.2, 0) is 15.6 Å². The third kappa shape index (κ3) is 4.80. The van der Waals surface area contributed by atoms with Crippen molar-refractivity contribution < 1.29 is 23.1 Å². The number of aryl methyl sites for hydroxylation is 1. The van der Waals surface area contributed by atoms with Crippen LogP contribution in [0.5, 0.6) is 5.75 Å². The number of carbonyl (C=O) groups excluding carboxylic acids is 2. The number of piperidine rings is 1. The molecule has 1 spiro atoms. The molecule has 1 aromatic heterocycles. The Balaban J connectivity index is 1.59. The zero-order valence-corrected chi connectivity index (χ0v) is 25.1. The van der Waals surface area contributed by atoms with Crippen molar-refractivity contribution in [1.29, 1.82) is 0 Å². The van der Waals surface area contributed by atoms with E-state index in [9.17, 15) is 18.4 Å². The molecular weight excluding hydrogens is 647 g/mol. The third-order valence-corrected chi connectivity index (χ3v) is 8.13. The number of rotatable bonds is 4.